The topological polar surface area (TPSA) is 26.5 Å². The number of hydrogen-bond acceptors (Lipinski definition) is 3. The van der Waals surface area contributed by atoms with Crippen molar-refractivity contribution in [3.05, 3.63) is 69.6 Å². The fourth-order valence-electron chi connectivity index (χ4n) is 3.09. The number of rotatable bonds is 4. The summed E-state index contributed by atoms with van der Waals surface area (Å²) >= 11 is 7.65. The number of nitrogens with zero attached hydrogens (tertiary/aromatic N) is 2. The molecule has 0 saturated carbocycles. The Labute approximate surface area is 160 Å². The van der Waals surface area contributed by atoms with Gasteiger partial charge in [-0.2, -0.15) is 0 Å². The molecule has 2 aromatic carbocycles. The summed E-state index contributed by atoms with van der Waals surface area (Å²) in [6, 6.07) is 14.1. The molecule has 1 aliphatic heterocycles. The van der Waals surface area contributed by atoms with Crippen molar-refractivity contribution in [1.29, 1.82) is 0 Å². The molecule has 4 rings (SSSR count). The van der Waals surface area contributed by atoms with Crippen molar-refractivity contribution in [3.8, 4) is 11.3 Å². The Balaban J connectivity index is 1.79. The largest absolute Gasteiger partial charge is 0.376 e. The van der Waals surface area contributed by atoms with E-state index in [9.17, 15) is 4.39 Å². The van der Waals surface area contributed by atoms with Crippen LogP contribution in [0.4, 0.5) is 10.1 Å². The first-order valence-corrected chi connectivity index (χ1v) is 9.81. The standard InChI is InChI=1S/C20H18ClFN2OS/c21-15-3-1-4-17(11-15)23-20-24(12-18-5-2-10-25-18)19(13-26-20)14-6-8-16(22)9-7-14/h1,3-4,6-9,11,13,18H,2,5,10,12H2. The first kappa shape index (κ1) is 17.5. The molecule has 0 spiro atoms. The molecule has 6 heteroatoms. The van der Waals surface area contributed by atoms with Gasteiger partial charge in [-0.05, 0) is 60.9 Å². The summed E-state index contributed by atoms with van der Waals surface area (Å²) in [6.45, 7) is 1.54. The highest BCUT2D eigenvalue weighted by molar-refractivity contribution is 7.07. The van der Waals surface area contributed by atoms with E-state index in [1.807, 2.05) is 24.3 Å². The third-order valence-electron chi connectivity index (χ3n) is 4.38. The normalized spacial score (nSPS) is 17.8. The fraction of sp³-hybridized carbons (Fsp3) is 0.250. The van der Waals surface area contributed by atoms with Crippen LogP contribution in [0.5, 0.6) is 0 Å². The van der Waals surface area contributed by atoms with Crippen LogP contribution in [0.3, 0.4) is 0 Å². The van der Waals surface area contributed by atoms with Crippen LogP contribution >= 0.6 is 22.9 Å². The van der Waals surface area contributed by atoms with Gasteiger partial charge in [0.25, 0.3) is 0 Å². The molecule has 0 N–H and O–H groups in total. The third-order valence-corrected chi connectivity index (χ3v) is 5.48. The van der Waals surface area contributed by atoms with Crippen molar-refractivity contribution in [3.63, 3.8) is 0 Å². The monoisotopic (exact) mass is 388 g/mol. The number of thiazole rings is 1. The molecule has 26 heavy (non-hydrogen) atoms. The molecule has 134 valence electrons. The van der Waals surface area contributed by atoms with Gasteiger partial charge in [0.1, 0.15) is 5.82 Å². The molecule has 3 aromatic rings. The first-order chi connectivity index (χ1) is 12.7. The smallest absolute Gasteiger partial charge is 0.190 e. The molecule has 0 amide bonds. The van der Waals surface area contributed by atoms with Crippen LogP contribution in [0.25, 0.3) is 11.3 Å². The Bertz CT molecular complexity index is 958. The second-order valence-corrected chi connectivity index (χ2v) is 7.52. The van der Waals surface area contributed by atoms with Crippen molar-refractivity contribution in [1.82, 2.24) is 4.57 Å². The zero-order valence-corrected chi connectivity index (χ0v) is 15.6. The zero-order valence-electron chi connectivity index (χ0n) is 14.1. The molecule has 1 aliphatic rings. The maximum absolute atomic E-state index is 13.3. The van der Waals surface area contributed by atoms with Gasteiger partial charge in [0.2, 0.25) is 0 Å². The summed E-state index contributed by atoms with van der Waals surface area (Å²) in [5, 5.41) is 2.72. The molecule has 1 fully saturated rings. The quantitative estimate of drug-likeness (QED) is 0.586. The summed E-state index contributed by atoms with van der Waals surface area (Å²) in [5.74, 6) is -0.238. The predicted molar refractivity (Wildman–Crippen MR) is 103 cm³/mol. The number of halogens is 2. The third kappa shape index (κ3) is 3.90. The van der Waals surface area contributed by atoms with Crippen LogP contribution in [0, 0.1) is 5.82 Å². The molecule has 2 heterocycles. The van der Waals surface area contributed by atoms with Gasteiger partial charge in [-0.15, -0.1) is 11.3 Å². The van der Waals surface area contributed by atoms with Crippen LogP contribution in [0.1, 0.15) is 12.8 Å². The Morgan fingerprint density at radius 3 is 2.81 bits per heavy atom. The summed E-state index contributed by atoms with van der Waals surface area (Å²) in [5.41, 5.74) is 2.80. The zero-order chi connectivity index (χ0) is 17.9. The molecule has 1 atom stereocenters. The Kier molecular flexibility index (Phi) is 5.20. The lowest BCUT2D eigenvalue weighted by Crippen LogP contribution is -2.24. The lowest BCUT2D eigenvalue weighted by Gasteiger charge is -2.14. The maximum atomic E-state index is 13.3. The molecule has 1 saturated heterocycles. The van der Waals surface area contributed by atoms with E-state index >= 15 is 0 Å². The van der Waals surface area contributed by atoms with Gasteiger partial charge < -0.3 is 9.30 Å². The van der Waals surface area contributed by atoms with Gasteiger partial charge in [-0.3, -0.25) is 0 Å². The summed E-state index contributed by atoms with van der Waals surface area (Å²) in [6.07, 6.45) is 2.31. The average Bonchev–Trinajstić information content (AvgIpc) is 3.27. The average molecular weight is 389 g/mol. The SMILES string of the molecule is Fc1ccc(-c2csc(=Nc3cccc(Cl)c3)n2CC2CCCO2)cc1. The highest BCUT2D eigenvalue weighted by atomic mass is 35.5. The molecule has 1 aromatic heterocycles. The number of aromatic nitrogens is 1. The van der Waals surface area contributed by atoms with E-state index in [0.29, 0.717) is 5.02 Å². The second-order valence-electron chi connectivity index (χ2n) is 6.25. The highest BCUT2D eigenvalue weighted by Crippen LogP contribution is 2.24. The number of hydrogen-bond donors (Lipinski definition) is 0. The summed E-state index contributed by atoms with van der Waals surface area (Å²) < 4.78 is 21.3. The Morgan fingerprint density at radius 2 is 2.08 bits per heavy atom. The van der Waals surface area contributed by atoms with Crippen molar-refractivity contribution in [2.45, 2.75) is 25.5 Å². The summed E-state index contributed by atoms with van der Waals surface area (Å²) in [4.78, 5) is 5.65. The van der Waals surface area contributed by atoms with E-state index < -0.39 is 0 Å². The van der Waals surface area contributed by atoms with Crippen molar-refractivity contribution >= 4 is 28.6 Å². The maximum Gasteiger partial charge on any atom is 0.190 e. The fourth-order valence-corrected chi connectivity index (χ4v) is 4.22. The summed E-state index contributed by atoms with van der Waals surface area (Å²) in [7, 11) is 0. The van der Waals surface area contributed by atoms with E-state index in [4.69, 9.17) is 21.3 Å². The van der Waals surface area contributed by atoms with Crippen LogP contribution in [0.15, 0.2) is 58.9 Å². The van der Waals surface area contributed by atoms with Gasteiger partial charge in [0, 0.05) is 17.0 Å². The molecule has 0 aliphatic carbocycles. The van der Waals surface area contributed by atoms with Gasteiger partial charge in [0.05, 0.1) is 24.0 Å². The lowest BCUT2D eigenvalue weighted by molar-refractivity contribution is 0.0968. The van der Waals surface area contributed by atoms with E-state index in [0.717, 1.165) is 47.7 Å². The highest BCUT2D eigenvalue weighted by Gasteiger charge is 2.19. The minimum Gasteiger partial charge on any atom is -0.376 e. The number of ether oxygens (including phenoxy) is 1. The van der Waals surface area contributed by atoms with Gasteiger partial charge in [0.15, 0.2) is 4.80 Å². The van der Waals surface area contributed by atoms with E-state index in [2.05, 4.69) is 9.95 Å². The minimum absolute atomic E-state index is 0.183. The Hall–Kier alpha value is -1.95. The van der Waals surface area contributed by atoms with Gasteiger partial charge in [-0.25, -0.2) is 9.38 Å². The minimum atomic E-state index is -0.238. The second kappa shape index (κ2) is 7.74. The molecule has 0 bridgehead atoms. The lowest BCUT2D eigenvalue weighted by atomic mass is 10.1. The first-order valence-electron chi connectivity index (χ1n) is 8.55. The van der Waals surface area contributed by atoms with Gasteiger partial charge in [-0.1, -0.05) is 17.7 Å². The molecule has 1 unspecified atom stereocenters. The van der Waals surface area contributed by atoms with Crippen molar-refractivity contribution in [2.75, 3.05) is 6.61 Å². The van der Waals surface area contributed by atoms with Crippen LogP contribution in [0.2, 0.25) is 5.02 Å². The molecular formula is C20H18ClFN2OS. The van der Waals surface area contributed by atoms with Crippen LogP contribution < -0.4 is 4.80 Å². The van der Waals surface area contributed by atoms with E-state index in [1.54, 1.807) is 23.5 Å². The van der Waals surface area contributed by atoms with E-state index in [1.165, 1.54) is 12.1 Å². The molecule has 3 nitrogen and oxygen atoms in total. The predicted octanol–water partition coefficient (Wildman–Crippen LogP) is 5.42. The molecular weight excluding hydrogens is 371 g/mol. The van der Waals surface area contributed by atoms with E-state index in [-0.39, 0.29) is 11.9 Å². The van der Waals surface area contributed by atoms with Crippen LogP contribution in [-0.2, 0) is 11.3 Å². The van der Waals surface area contributed by atoms with Gasteiger partial charge >= 0.3 is 0 Å². The van der Waals surface area contributed by atoms with Crippen molar-refractivity contribution in [2.24, 2.45) is 4.99 Å². The van der Waals surface area contributed by atoms with Crippen LogP contribution in [-0.4, -0.2) is 17.3 Å². The molecule has 0 radical (unpaired) electrons. The Morgan fingerprint density at radius 1 is 1.23 bits per heavy atom. The number of benzene rings is 2. The van der Waals surface area contributed by atoms with Crippen molar-refractivity contribution < 1.29 is 9.13 Å².